The minimum absolute atomic E-state index is 0. The first kappa shape index (κ1) is 24.1. The quantitative estimate of drug-likeness (QED) is 0.300. The van der Waals surface area contributed by atoms with Crippen LogP contribution in [0.15, 0.2) is 53.5 Å². The zero-order valence-corrected chi connectivity index (χ0v) is 20.4. The Balaban J connectivity index is 0.00000320. The Morgan fingerprint density at radius 2 is 1.93 bits per heavy atom. The molecular weight excluding hydrogens is 491 g/mol. The van der Waals surface area contributed by atoms with E-state index in [1.807, 2.05) is 25.1 Å². The summed E-state index contributed by atoms with van der Waals surface area (Å²) in [6.45, 7) is 8.37. The summed E-state index contributed by atoms with van der Waals surface area (Å²) in [5.41, 5.74) is 2.22. The van der Waals surface area contributed by atoms with Crippen LogP contribution < -0.4 is 25.0 Å². The summed E-state index contributed by atoms with van der Waals surface area (Å²) in [6, 6.07) is 16.4. The van der Waals surface area contributed by atoms with Gasteiger partial charge in [0.2, 0.25) is 0 Å². The van der Waals surface area contributed by atoms with Crippen molar-refractivity contribution in [1.29, 1.82) is 0 Å². The summed E-state index contributed by atoms with van der Waals surface area (Å²) in [6.07, 6.45) is 1.16. The van der Waals surface area contributed by atoms with Crippen LogP contribution in [-0.2, 0) is 0 Å². The molecule has 0 aliphatic carbocycles. The first-order valence-electron chi connectivity index (χ1n) is 10.4. The highest BCUT2D eigenvalue weighted by atomic mass is 127. The van der Waals surface area contributed by atoms with Crippen molar-refractivity contribution in [2.75, 3.05) is 50.1 Å². The van der Waals surface area contributed by atoms with Crippen LogP contribution in [0.5, 0.6) is 11.5 Å². The van der Waals surface area contributed by atoms with Crippen LogP contribution in [-0.4, -0.2) is 45.9 Å². The Morgan fingerprint density at radius 3 is 2.63 bits per heavy atom. The lowest BCUT2D eigenvalue weighted by atomic mass is 10.1. The number of nitrogens with zero attached hydrogens (tertiary/aromatic N) is 2. The minimum atomic E-state index is 0. The fraction of sp³-hybridized carbons (Fsp3) is 0.435. The minimum Gasteiger partial charge on any atom is -0.493 e. The maximum Gasteiger partial charge on any atom is 0.195 e. The van der Waals surface area contributed by atoms with Crippen LogP contribution in [0.25, 0.3) is 0 Å². The van der Waals surface area contributed by atoms with Gasteiger partial charge in [-0.05, 0) is 50.5 Å². The summed E-state index contributed by atoms with van der Waals surface area (Å²) in [5.74, 6) is 2.80. The summed E-state index contributed by atoms with van der Waals surface area (Å²) in [5, 5.41) is 6.72. The molecule has 7 heteroatoms. The molecule has 1 atom stereocenters. The molecule has 0 amide bonds. The molecule has 30 heavy (non-hydrogen) atoms. The van der Waals surface area contributed by atoms with Gasteiger partial charge in [-0.15, -0.1) is 24.0 Å². The number of aliphatic imine (C=N–C) groups is 1. The highest BCUT2D eigenvalue weighted by Crippen LogP contribution is 2.30. The van der Waals surface area contributed by atoms with Gasteiger partial charge in [0.15, 0.2) is 17.5 Å². The molecule has 6 nitrogen and oxygen atoms in total. The fourth-order valence-electron chi connectivity index (χ4n) is 3.54. The number of methoxy groups -OCH3 is 1. The number of ether oxygens (including phenoxy) is 2. The second-order valence-corrected chi connectivity index (χ2v) is 7.08. The van der Waals surface area contributed by atoms with Gasteiger partial charge in [0.25, 0.3) is 0 Å². The van der Waals surface area contributed by atoms with E-state index in [0.29, 0.717) is 12.5 Å². The first-order chi connectivity index (χ1) is 14.2. The summed E-state index contributed by atoms with van der Waals surface area (Å²) in [7, 11) is 1.65. The lowest BCUT2D eigenvalue weighted by molar-refractivity contribution is 0.311. The molecule has 3 rings (SSSR count). The monoisotopic (exact) mass is 524 g/mol. The fourth-order valence-corrected chi connectivity index (χ4v) is 3.54. The molecule has 0 spiro atoms. The van der Waals surface area contributed by atoms with Gasteiger partial charge in [-0.25, -0.2) is 0 Å². The van der Waals surface area contributed by atoms with Crippen molar-refractivity contribution in [2.45, 2.75) is 20.3 Å². The Morgan fingerprint density at radius 1 is 1.13 bits per heavy atom. The molecule has 0 bridgehead atoms. The van der Waals surface area contributed by atoms with Gasteiger partial charge in [-0.2, -0.15) is 0 Å². The van der Waals surface area contributed by atoms with Crippen molar-refractivity contribution >= 4 is 41.3 Å². The number of hydrogen-bond acceptors (Lipinski definition) is 4. The zero-order valence-electron chi connectivity index (χ0n) is 18.1. The highest BCUT2D eigenvalue weighted by molar-refractivity contribution is 14.0. The number of benzene rings is 2. The summed E-state index contributed by atoms with van der Waals surface area (Å²) in [4.78, 5) is 7.28. The molecular formula is C23H33IN4O2. The van der Waals surface area contributed by atoms with Gasteiger partial charge in [0.1, 0.15) is 0 Å². The van der Waals surface area contributed by atoms with E-state index in [0.717, 1.165) is 55.7 Å². The largest absolute Gasteiger partial charge is 0.493 e. The third-order valence-corrected chi connectivity index (χ3v) is 4.99. The average molecular weight is 524 g/mol. The molecule has 1 aliphatic rings. The van der Waals surface area contributed by atoms with E-state index in [1.54, 1.807) is 7.11 Å². The topological polar surface area (TPSA) is 58.1 Å². The molecule has 1 heterocycles. The van der Waals surface area contributed by atoms with Crippen LogP contribution in [0.2, 0.25) is 0 Å². The van der Waals surface area contributed by atoms with Crippen molar-refractivity contribution in [1.82, 2.24) is 5.32 Å². The van der Waals surface area contributed by atoms with E-state index in [-0.39, 0.29) is 24.0 Å². The normalized spacial score (nSPS) is 16.0. The molecule has 1 fully saturated rings. The Labute approximate surface area is 197 Å². The number of halogens is 1. The van der Waals surface area contributed by atoms with Gasteiger partial charge in [-0.3, -0.25) is 4.99 Å². The molecule has 0 radical (unpaired) electrons. The van der Waals surface area contributed by atoms with Gasteiger partial charge >= 0.3 is 0 Å². The molecule has 1 unspecified atom stereocenters. The molecule has 0 aromatic heterocycles. The molecule has 164 valence electrons. The lowest BCUT2D eigenvalue weighted by Gasteiger charge is -2.18. The third kappa shape index (κ3) is 6.68. The average Bonchev–Trinajstić information content (AvgIpc) is 3.22. The van der Waals surface area contributed by atoms with E-state index in [1.165, 1.54) is 5.69 Å². The van der Waals surface area contributed by atoms with Crippen LogP contribution in [0.3, 0.4) is 0 Å². The second-order valence-electron chi connectivity index (χ2n) is 7.08. The van der Waals surface area contributed by atoms with E-state index < -0.39 is 0 Å². The Kier molecular flexibility index (Phi) is 10.1. The van der Waals surface area contributed by atoms with Gasteiger partial charge in [0.05, 0.1) is 13.7 Å². The van der Waals surface area contributed by atoms with E-state index >= 15 is 0 Å². The molecule has 2 aromatic rings. The van der Waals surface area contributed by atoms with Crippen molar-refractivity contribution < 1.29 is 9.47 Å². The van der Waals surface area contributed by atoms with Gasteiger partial charge < -0.3 is 25.0 Å². The molecule has 2 aromatic carbocycles. The number of rotatable bonds is 8. The van der Waals surface area contributed by atoms with Crippen molar-refractivity contribution in [3.05, 3.63) is 48.5 Å². The summed E-state index contributed by atoms with van der Waals surface area (Å²) >= 11 is 0. The Bertz CT molecular complexity index is 801. The van der Waals surface area contributed by atoms with E-state index in [4.69, 9.17) is 14.5 Å². The maximum atomic E-state index is 5.67. The van der Waals surface area contributed by atoms with Gasteiger partial charge in [0, 0.05) is 43.6 Å². The van der Waals surface area contributed by atoms with Crippen molar-refractivity contribution in [3.8, 4) is 11.5 Å². The van der Waals surface area contributed by atoms with E-state index in [9.17, 15) is 0 Å². The predicted molar refractivity (Wildman–Crippen MR) is 136 cm³/mol. The smallest absolute Gasteiger partial charge is 0.195 e. The number of para-hydroxylation sites is 1. The first-order valence-corrected chi connectivity index (χ1v) is 10.4. The molecule has 2 N–H and O–H groups in total. The second kappa shape index (κ2) is 12.5. The predicted octanol–water partition coefficient (Wildman–Crippen LogP) is 4.62. The number of hydrogen-bond donors (Lipinski definition) is 2. The Hall–Kier alpha value is -2.16. The zero-order chi connectivity index (χ0) is 20.5. The summed E-state index contributed by atoms with van der Waals surface area (Å²) < 4.78 is 11.0. The molecule has 0 saturated carbocycles. The van der Waals surface area contributed by atoms with Crippen LogP contribution in [0, 0.1) is 5.92 Å². The number of anilines is 2. The lowest BCUT2D eigenvalue weighted by Crippen LogP contribution is -2.31. The van der Waals surface area contributed by atoms with Crippen LogP contribution in [0.4, 0.5) is 11.4 Å². The standard InChI is InChI=1S/C23H32N4O2.HI/c1-4-24-23(26-19-11-12-21(28-3)22(15-19)29-5-2)25-16-18-13-14-27(17-18)20-9-7-6-8-10-20;/h6-12,15,18H,4-5,13-14,16-17H2,1-3H3,(H2,24,25,26);1H. The molecule has 1 saturated heterocycles. The molecule has 1 aliphatic heterocycles. The highest BCUT2D eigenvalue weighted by Gasteiger charge is 2.22. The van der Waals surface area contributed by atoms with Crippen molar-refractivity contribution in [3.63, 3.8) is 0 Å². The van der Waals surface area contributed by atoms with Crippen molar-refractivity contribution in [2.24, 2.45) is 10.9 Å². The maximum absolute atomic E-state index is 5.67. The van der Waals surface area contributed by atoms with Gasteiger partial charge in [-0.1, -0.05) is 18.2 Å². The third-order valence-electron chi connectivity index (χ3n) is 4.99. The van der Waals surface area contributed by atoms with Crippen LogP contribution >= 0.6 is 24.0 Å². The number of guanidine groups is 1. The van der Waals surface area contributed by atoms with E-state index in [2.05, 4.69) is 52.8 Å². The SMILES string of the molecule is CCNC(=NCC1CCN(c2ccccc2)C1)Nc1ccc(OC)c(OCC)c1.I. The van der Waals surface area contributed by atoms with Crippen LogP contribution in [0.1, 0.15) is 20.3 Å². The number of nitrogens with one attached hydrogen (secondary N) is 2.